The molecule has 0 N–H and O–H groups in total. The lowest BCUT2D eigenvalue weighted by molar-refractivity contribution is -0.151. The van der Waals surface area contributed by atoms with Crippen LogP contribution in [0.1, 0.15) is 39.5 Å². The smallest absolute Gasteiger partial charge is 0.325 e. The molecule has 0 saturated heterocycles. The number of likely N-dealkylation sites (N-methyl/N-ethyl adjacent to an activating group) is 1. The average molecular weight is 227 g/mol. The number of esters is 1. The highest BCUT2D eigenvalue weighted by Crippen LogP contribution is 2.38. The van der Waals surface area contributed by atoms with Gasteiger partial charge in [0.1, 0.15) is 6.54 Å². The lowest BCUT2D eigenvalue weighted by Gasteiger charge is -2.28. The summed E-state index contributed by atoms with van der Waals surface area (Å²) in [5.41, 5.74) is -0.263. The molecule has 0 atom stereocenters. The van der Waals surface area contributed by atoms with Gasteiger partial charge in [-0.3, -0.25) is 9.59 Å². The summed E-state index contributed by atoms with van der Waals surface area (Å²) in [6.45, 7) is 4.17. The maximum atomic E-state index is 12.1. The van der Waals surface area contributed by atoms with E-state index in [-0.39, 0.29) is 23.8 Å². The van der Waals surface area contributed by atoms with E-state index in [1.165, 1.54) is 4.90 Å². The first-order chi connectivity index (χ1) is 7.49. The number of ether oxygens (including phenoxy) is 1. The fraction of sp³-hybridized carbons (Fsp3) is 0.833. The zero-order valence-electron chi connectivity index (χ0n) is 10.4. The second-order valence-electron chi connectivity index (χ2n) is 4.73. The molecule has 4 nitrogen and oxygen atoms in total. The summed E-state index contributed by atoms with van der Waals surface area (Å²) >= 11 is 0. The molecule has 1 fully saturated rings. The third-order valence-electron chi connectivity index (χ3n) is 3.24. The fourth-order valence-corrected chi connectivity index (χ4v) is 2.30. The van der Waals surface area contributed by atoms with Crippen LogP contribution in [0.3, 0.4) is 0 Å². The van der Waals surface area contributed by atoms with Crippen LogP contribution in [0.4, 0.5) is 0 Å². The van der Waals surface area contributed by atoms with Gasteiger partial charge in [-0.15, -0.1) is 0 Å². The Morgan fingerprint density at radius 2 is 1.88 bits per heavy atom. The number of amides is 1. The van der Waals surface area contributed by atoms with Crippen molar-refractivity contribution in [3.63, 3.8) is 0 Å². The van der Waals surface area contributed by atoms with Gasteiger partial charge >= 0.3 is 5.97 Å². The van der Waals surface area contributed by atoms with Crippen LogP contribution >= 0.6 is 0 Å². The van der Waals surface area contributed by atoms with Crippen LogP contribution in [-0.2, 0) is 14.3 Å². The van der Waals surface area contributed by atoms with E-state index in [1.807, 2.05) is 6.92 Å². The van der Waals surface area contributed by atoms with Crippen LogP contribution in [0.5, 0.6) is 0 Å². The minimum atomic E-state index is -0.333. The van der Waals surface area contributed by atoms with Gasteiger partial charge < -0.3 is 9.64 Å². The molecule has 0 aromatic carbocycles. The standard InChI is InChI=1S/C12H21NO3/c1-4-16-10(14)9-13(3)11(15)12(2)7-5-6-8-12/h4-9H2,1-3H3. The summed E-state index contributed by atoms with van der Waals surface area (Å²) in [7, 11) is 1.67. The first kappa shape index (κ1) is 13.0. The molecular formula is C12H21NO3. The van der Waals surface area contributed by atoms with Gasteiger partial charge in [-0.1, -0.05) is 19.8 Å². The topological polar surface area (TPSA) is 46.6 Å². The third kappa shape index (κ3) is 2.97. The fourth-order valence-electron chi connectivity index (χ4n) is 2.30. The Hall–Kier alpha value is -1.06. The van der Waals surface area contributed by atoms with Gasteiger partial charge in [0.25, 0.3) is 0 Å². The van der Waals surface area contributed by atoms with Crippen molar-refractivity contribution in [3.8, 4) is 0 Å². The van der Waals surface area contributed by atoms with Crippen LogP contribution in [-0.4, -0.2) is 37.0 Å². The predicted octanol–water partition coefficient (Wildman–Crippen LogP) is 1.59. The molecule has 0 radical (unpaired) electrons. The summed E-state index contributed by atoms with van der Waals surface area (Å²) in [6, 6.07) is 0. The van der Waals surface area contributed by atoms with E-state index < -0.39 is 0 Å². The normalized spacial score (nSPS) is 18.2. The predicted molar refractivity (Wildman–Crippen MR) is 60.8 cm³/mol. The molecule has 1 rings (SSSR count). The van der Waals surface area contributed by atoms with E-state index in [2.05, 4.69) is 0 Å². The maximum Gasteiger partial charge on any atom is 0.325 e. The minimum Gasteiger partial charge on any atom is -0.465 e. The Morgan fingerprint density at radius 3 is 2.38 bits per heavy atom. The zero-order valence-corrected chi connectivity index (χ0v) is 10.4. The molecular weight excluding hydrogens is 206 g/mol. The number of hydrogen-bond acceptors (Lipinski definition) is 3. The molecule has 0 heterocycles. The maximum absolute atomic E-state index is 12.1. The van der Waals surface area contributed by atoms with Crippen LogP contribution in [0.2, 0.25) is 0 Å². The van der Waals surface area contributed by atoms with Crippen molar-refractivity contribution in [2.75, 3.05) is 20.2 Å². The molecule has 0 aromatic rings. The summed E-state index contributed by atoms with van der Waals surface area (Å²) < 4.78 is 4.83. The Labute approximate surface area is 96.9 Å². The van der Waals surface area contributed by atoms with Gasteiger partial charge in [0.05, 0.1) is 6.61 Å². The molecule has 1 aliphatic carbocycles. The van der Waals surface area contributed by atoms with E-state index in [0.29, 0.717) is 6.61 Å². The largest absolute Gasteiger partial charge is 0.465 e. The van der Waals surface area contributed by atoms with Crippen molar-refractivity contribution in [1.82, 2.24) is 4.90 Å². The molecule has 4 heteroatoms. The zero-order chi connectivity index (χ0) is 12.2. The molecule has 0 spiro atoms. The molecule has 1 saturated carbocycles. The molecule has 1 amide bonds. The second-order valence-corrected chi connectivity index (χ2v) is 4.73. The van der Waals surface area contributed by atoms with Crippen LogP contribution < -0.4 is 0 Å². The van der Waals surface area contributed by atoms with Crippen molar-refractivity contribution in [2.45, 2.75) is 39.5 Å². The summed E-state index contributed by atoms with van der Waals surface area (Å²) in [5, 5.41) is 0. The molecule has 92 valence electrons. The van der Waals surface area contributed by atoms with Crippen molar-refractivity contribution >= 4 is 11.9 Å². The Bertz CT molecular complexity index is 269. The Balaban J connectivity index is 2.50. The van der Waals surface area contributed by atoms with Crippen molar-refractivity contribution in [1.29, 1.82) is 0 Å². The number of carbonyl (C=O) groups excluding carboxylic acids is 2. The summed E-state index contributed by atoms with van der Waals surface area (Å²) in [5.74, 6) is -0.266. The van der Waals surface area contributed by atoms with E-state index in [9.17, 15) is 9.59 Å². The first-order valence-corrected chi connectivity index (χ1v) is 5.91. The van der Waals surface area contributed by atoms with Crippen molar-refractivity contribution in [2.24, 2.45) is 5.41 Å². The first-order valence-electron chi connectivity index (χ1n) is 5.91. The Morgan fingerprint density at radius 1 is 1.31 bits per heavy atom. The lowest BCUT2D eigenvalue weighted by atomic mass is 9.87. The molecule has 16 heavy (non-hydrogen) atoms. The second kappa shape index (κ2) is 5.32. The monoisotopic (exact) mass is 227 g/mol. The Kier molecular flexibility index (Phi) is 4.33. The highest BCUT2D eigenvalue weighted by molar-refractivity contribution is 5.86. The van der Waals surface area contributed by atoms with E-state index in [4.69, 9.17) is 4.74 Å². The minimum absolute atomic E-state index is 0.0578. The van der Waals surface area contributed by atoms with Crippen LogP contribution in [0, 0.1) is 5.41 Å². The van der Waals surface area contributed by atoms with E-state index in [0.717, 1.165) is 25.7 Å². The third-order valence-corrected chi connectivity index (χ3v) is 3.24. The number of nitrogens with zero attached hydrogens (tertiary/aromatic N) is 1. The summed E-state index contributed by atoms with van der Waals surface area (Å²) in [6.07, 6.45) is 4.07. The van der Waals surface area contributed by atoms with E-state index >= 15 is 0 Å². The van der Waals surface area contributed by atoms with Gasteiger partial charge in [-0.2, -0.15) is 0 Å². The average Bonchev–Trinajstić information content (AvgIpc) is 2.65. The number of rotatable bonds is 4. The molecule has 0 aliphatic heterocycles. The van der Waals surface area contributed by atoms with Gasteiger partial charge in [0, 0.05) is 12.5 Å². The van der Waals surface area contributed by atoms with E-state index in [1.54, 1.807) is 14.0 Å². The quantitative estimate of drug-likeness (QED) is 0.685. The lowest BCUT2D eigenvalue weighted by Crippen LogP contribution is -2.41. The van der Waals surface area contributed by atoms with Gasteiger partial charge in [-0.05, 0) is 19.8 Å². The SMILES string of the molecule is CCOC(=O)CN(C)C(=O)C1(C)CCCC1. The van der Waals surface area contributed by atoms with Gasteiger partial charge in [0.2, 0.25) is 5.91 Å². The van der Waals surface area contributed by atoms with Crippen molar-refractivity contribution < 1.29 is 14.3 Å². The summed E-state index contributed by atoms with van der Waals surface area (Å²) in [4.78, 5) is 24.9. The van der Waals surface area contributed by atoms with Crippen LogP contribution in [0.15, 0.2) is 0 Å². The van der Waals surface area contributed by atoms with Crippen LogP contribution in [0.25, 0.3) is 0 Å². The highest BCUT2D eigenvalue weighted by atomic mass is 16.5. The highest BCUT2D eigenvalue weighted by Gasteiger charge is 2.38. The van der Waals surface area contributed by atoms with Gasteiger partial charge in [0.15, 0.2) is 0 Å². The van der Waals surface area contributed by atoms with Crippen molar-refractivity contribution in [3.05, 3.63) is 0 Å². The molecule has 1 aliphatic rings. The molecule has 0 unspecified atom stereocenters. The molecule has 0 aromatic heterocycles. The van der Waals surface area contributed by atoms with Gasteiger partial charge in [-0.25, -0.2) is 0 Å². The number of carbonyl (C=O) groups is 2. The molecule has 0 bridgehead atoms. The number of hydrogen-bond donors (Lipinski definition) is 0.